The van der Waals surface area contributed by atoms with Crippen molar-refractivity contribution >= 4 is 29.4 Å². The van der Waals surface area contributed by atoms with Crippen LogP contribution >= 0.6 is 0 Å². The van der Waals surface area contributed by atoms with Gasteiger partial charge in [0.25, 0.3) is 0 Å². The number of ketones is 2. The first-order valence-corrected chi connectivity index (χ1v) is 14.5. The van der Waals surface area contributed by atoms with Gasteiger partial charge in [-0.3, -0.25) is 24.0 Å². The van der Waals surface area contributed by atoms with Gasteiger partial charge >= 0.3 is 11.9 Å². The van der Waals surface area contributed by atoms with E-state index >= 15 is 0 Å². The normalized spacial score (nSPS) is 35.2. The van der Waals surface area contributed by atoms with Crippen molar-refractivity contribution in [2.24, 2.45) is 28.6 Å². The molecule has 1 amide bonds. The minimum absolute atomic E-state index is 0.0170. The number of hydrogen-bond donors (Lipinski definition) is 3. The third kappa shape index (κ3) is 5.70. The number of aliphatic hydroxyl groups is 1. The van der Waals surface area contributed by atoms with Crippen molar-refractivity contribution in [3.63, 3.8) is 0 Å². The Morgan fingerprint density at radius 3 is 2.46 bits per heavy atom. The average molecular weight is 546 g/mol. The van der Waals surface area contributed by atoms with Crippen LogP contribution in [-0.2, 0) is 28.7 Å². The summed E-state index contributed by atoms with van der Waals surface area (Å²) in [7, 11) is 0. The second kappa shape index (κ2) is 11.5. The van der Waals surface area contributed by atoms with Crippen molar-refractivity contribution in [2.75, 3.05) is 13.2 Å². The first-order chi connectivity index (χ1) is 18.4. The van der Waals surface area contributed by atoms with Crippen molar-refractivity contribution in [2.45, 2.75) is 103 Å². The zero-order valence-electron chi connectivity index (χ0n) is 23.3. The molecule has 3 saturated carbocycles. The first-order valence-electron chi connectivity index (χ1n) is 14.5. The Labute approximate surface area is 230 Å². The average Bonchev–Trinajstić information content (AvgIpc) is 3.17. The smallest absolute Gasteiger partial charge is 0.306 e. The van der Waals surface area contributed by atoms with E-state index in [1.54, 1.807) is 0 Å². The van der Waals surface area contributed by atoms with Crippen molar-refractivity contribution in [3.8, 4) is 0 Å². The number of rotatable bonds is 11. The first kappa shape index (κ1) is 29.4. The van der Waals surface area contributed by atoms with Crippen LogP contribution in [0.4, 0.5) is 0 Å². The number of carboxylic acids is 1. The molecule has 0 radical (unpaired) electrons. The monoisotopic (exact) mass is 545 g/mol. The minimum atomic E-state index is -1.55. The lowest BCUT2D eigenvalue weighted by atomic mass is 9.46. The predicted octanol–water partition coefficient (Wildman–Crippen LogP) is 3.51. The third-order valence-electron chi connectivity index (χ3n) is 10.6. The molecule has 0 aromatic heterocycles. The number of fused-ring (bicyclic) bond motifs is 5. The maximum atomic E-state index is 13.3. The van der Waals surface area contributed by atoms with E-state index in [9.17, 15) is 29.1 Å². The van der Waals surface area contributed by atoms with Crippen LogP contribution in [0.1, 0.15) is 97.3 Å². The molecule has 216 valence electrons. The van der Waals surface area contributed by atoms with Crippen LogP contribution in [0.15, 0.2) is 11.6 Å². The van der Waals surface area contributed by atoms with Crippen LogP contribution in [0.3, 0.4) is 0 Å². The van der Waals surface area contributed by atoms with E-state index in [1.165, 1.54) is 5.57 Å². The van der Waals surface area contributed by atoms with Crippen molar-refractivity contribution in [1.29, 1.82) is 0 Å². The van der Waals surface area contributed by atoms with Gasteiger partial charge in [-0.1, -0.05) is 19.4 Å². The largest absolute Gasteiger partial charge is 0.481 e. The second-order valence-electron chi connectivity index (χ2n) is 12.6. The van der Waals surface area contributed by atoms with Gasteiger partial charge in [-0.05, 0) is 87.0 Å². The fraction of sp³-hybridized carbons (Fsp3) is 0.767. The van der Waals surface area contributed by atoms with E-state index in [2.05, 4.69) is 12.2 Å². The number of Topliss-reactive ketones (excluding diaryl/α,β-unsaturated/α-hetero) is 1. The predicted molar refractivity (Wildman–Crippen MR) is 141 cm³/mol. The van der Waals surface area contributed by atoms with Crippen molar-refractivity contribution < 1.29 is 38.9 Å². The molecule has 3 fully saturated rings. The summed E-state index contributed by atoms with van der Waals surface area (Å²) in [6.45, 7) is 4.16. The van der Waals surface area contributed by atoms with Crippen LogP contribution in [0.5, 0.6) is 0 Å². The quantitative estimate of drug-likeness (QED) is 0.264. The fourth-order valence-electron chi connectivity index (χ4n) is 8.30. The Morgan fingerprint density at radius 1 is 0.974 bits per heavy atom. The molecule has 0 aromatic carbocycles. The molecule has 0 heterocycles. The number of carboxylic acid groups (broad SMARTS) is 1. The molecule has 6 unspecified atom stereocenters. The number of esters is 1. The van der Waals surface area contributed by atoms with Gasteiger partial charge in [0.15, 0.2) is 12.4 Å². The molecule has 0 bridgehead atoms. The SMILES string of the molecule is CC12CCC(=O)C=C1CCC1C2CCC2(C)C1CCC2(O)C(=O)COC(=O)CCC(=O)NCCCCC(=O)O. The molecule has 0 spiro atoms. The molecule has 0 aromatic rings. The van der Waals surface area contributed by atoms with Crippen LogP contribution in [0.2, 0.25) is 0 Å². The summed E-state index contributed by atoms with van der Waals surface area (Å²) < 4.78 is 5.20. The highest BCUT2D eigenvalue weighted by Gasteiger charge is 2.66. The Kier molecular flexibility index (Phi) is 8.69. The molecule has 39 heavy (non-hydrogen) atoms. The highest BCUT2D eigenvalue weighted by Crippen LogP contribution is 2.67. The highest BCUT2D eigenvalue weighted by molar-refractivity contribution is 5.92. The maximum Gasteiger partial charge on any atom is 0.306 e. The maximum absolute atomic E-state index is 13.3. The molecule has 0 aliphatic heterocycles. The summed E-state index contributed by atoms with van der Waals surface area (Å²) in [5.74, 6) is -1.07. The molecule has 4 aliphatic rings. The van der Waals surface area contributed by atoms with Gasteiger partial charge in [0.1, 0.15) is 5.60 Å². The number of amides is 1. The van der Waals surface area contributed by atoms with Crippen LogP contribution < -0.4 is 5.32 Å². The molecule has 3 N–H and O–H groups in total. The van der Waals surface area contributed by atoms with Gasteiger partial charge in [0.2, 0.25) is 11.7 Å². The highest BCUT2D eigenvalue weighted by atomic mass is 16.5. The molecule has 9 nitrogen and oxygen atoms in total. The van der Waals surface area contributed by atoms with E-state index in [0.29, 0.717) is 44.1 Å². The van der Waals surface area contributed by atoms with Gasteiger partial charge in [0.05, 0.1) is 6.42 Å². The number of ether oxygens (including phenoxy) is 1. The zero-order chi connectivity index (χ0) is 28.4. The van der Waals surface area contributed by atoms with Gasteiger partial charge < -0.3 is 20.3 Å². The van der Waals surface area contributed by atoms with Gasteiger partial charge in [0, 0.05) is 31.2 Å². The van der Waals surface area contributed by atoms with Gasteiger partial charge in [-0.15, -0.1) is 0 Å². The molecular weight excluding hydrogens is 502 g/mol. The summed E-state index contributed by atoms with van der Waals surface area (Å²) in [4.78, 5) is 60.0. The van der Waals surface area contributed by atoms with Crippen LogP contribution in [-0.4, -0.2) is 58.4 Å². The van der Waals surface area contributed by atoms with Gasteiger partial charge in [-0.2, -0.15) is 0 Å². The van der Waals surface area contributed by atoms with E-state index in [-0.39, 0.29) is 42.3 Å². The lowest BCUT2D eigenvalue weighted by Gasteiger charge is -2.58. The van der Waals surface area contributed by atoms with E-state index in [1.807, 2.05) is 13.0 Å². The third-order valence-corrected chi connectivity index (χ3v) is 10.6. The second-order valence-corrected chi connectivity index (χ2v) is 12.6. The van der Waals surface area contributed by atoms with Gasteiger partial charge in [-0.25, -0.2) is 0 Å². The van der Waals surface area contributed by atoms with Crippen LogP contribution in [0.25, 0.3) is 0 Å². The minimum Gasteiger partial charge on any atom is -0.481 e. The summed E-state index contributed by atoms with van der Waals surface area (Å²) in [5.41, 5.74) is -0.828. The van der Waals surface area contributed by atoms with Crippen molar-refractivity contribution in [3.05, 3.63) is 11.6 Å². The molecule has 0 saturated heterocycles. The number of nitrogens with one attached hydrogen (secondary N) is 1. The Morgan fingerprint density at radius 2 is 1.72 bits per heavy atom. The summed E-state index contributed by atoms with van der Waals surface area (Å²) in [6.07, 6.45) is 8.74. The Bertz CT molecular complexity index is 1050. The topological polar surface area (TPSA) is 147 Å². The van der Waals surface area contributed by atoms with E-state index in [4.69, 9.17) is 9.84 Å². The number of carbonyl (C=O) groups excluding carboxylic acids is 4. The number of carbonyl (C=O) groups is 5. The zero-order valence-corrected chi connectivity index (χ0v) is 23.3. The molecule has 9 heteroatoms. The fourth-order valence-corrected chi connectivity index (χ4v) is 8.30. The summed E-state index contributed by atoms with van der Waals surface area (Å²) in [6, 6.07) is 0. The lowest BCUT2D eigenvalue weighted by molar-refractivity contribution is -0.170. The van der Waals surface area contributed by atoms with E-state index in [0.717, 1.165) is 38.5 Å². The van der Waals surface area contributed by atoms with Crippen LogP contribution in [0, 0.1) is 28.6 Å². The number of aliphatic carboxylic acids is 1. The standard InChI is InChI=1S/C30H43NO8/c1-28-13-10-20(32)17-19(28)6-7-21-22(28)11-14-29(2)23(21)12-15-30(29,38)24(33)18-39-27(37)9-8-25(34)31-16-4-3-5-26(35)36/h17,21-23,38H,3-16,18H2,1-2H3,(H,31,34)(H,35,36). The number of unbranched alkanes of at least 4 members (excludes halogenated alkanes) is 1. The summed E-state index contributed by atoms with van der Waals surface area (Å²) in [5, 5.41) is 23.0. The van der Waals surface area contributed by atoms with Crippen molar-refractivity contribution in [1.82, 2.24) is 5.32 Å². The Balaban J connectivity index is 1.28. The lowest BCUT2D eigenvalue weighted by Crippen LogP contribution is -2.58. The molecule has 4 aliphatic carbocycles. The number of allylic oxidation sites excluding steroid dienone is 1. The molecule has 4 rings (SSSR count). The summed E-state index contributed by atoms with van der Waals surface area (Å²) >= 11 is 0. The molecular formula is C30H43NO8. The molecule has 6 atom stereocenters. The Hall–Kier alpha value is -2.55. The van der Waals surface area contributed by atoms with E-state index < -0.39 is 35.3 Å². The number of hydrogen-bond acceptors (Lipinski definition) is 7.